The maximum atomic E-state index is 7.23. The largest absolute Gasteiger partial charge is 0.509 e. The van der Waals surface area contributed by atoms with Crippen molar-refractivity contribution >= 4 is 33.2 Å². The van der Waals surface area contributed by atoms with Crippen LogP contribution in [0.2, 0.25) is 0 Å². The Kier molecular flexibility index (Phi) is 14.0. The molecule has 0 atom stereocenters. The molecule has 0 bridgehead atoms. The Bertz CT molecular complexity index is 3240. The number of hydrogen-bond donors (Lipinski definition) is 0. The quantitative estimate of drug-likeness (QED) is 0.128. The average Bonchev–Trinajstić information content (AvgIpc) is 3.92. The van der Waals surface area contributed by atoms with Gasteiger partial charge in [-0.25, -0.2) is 4.98 Å². The van der Waals surface area contributed by atoms with Crippen LogP contribution in [0.3, 0.4) is 0 Å². The van der Waals surface area contributed by atoms with E-state index in [-0.39, 0.29) is 42.7 Å². The van der Waals surface area contributed by atoms with Crippen molar-refractivity contribution in [2.24, 2.45) is 5.41 Å². The third-order valence-corrected chi connectivity index (χ3v) is 14.2. The molecule has 2 aromatic heterocycles. The third kappa shape index (κ3) is 10.0. The van der Waals surface area contributed by atoms with E-state index in [2.05, 4.69) is 271 Å². The van der Waals surface area contributed by atoms with Crippen LogP contribution in [-0.4, -0.2) is 9.55 Å². The molecule has 1 aliphatic rings. The fourth-order valence-electron chi connectivity index (χ4n) is 10.1. The van der Waals surface area contributed by atoms with Gasteiger partial charge in [0.05, 0.1) is 0 Å². The molecule has 0 amide bonds. The summed E-state index contributed by atoms with van der Waals surface area (Å²) >= 11 is 0. The number of hydrogen-bond acceptors (Lipinski definition) is 4. The maximum absolute atomic E-state index is 7.23. The van der Waals surface area contributed by atoms with Crippen molar-refractivity contribution in [2.75, 3.05) is 9.80 Å². The van der Waals surface area contributed by atoms with Crippen LogP contribution in [0.5, 0.6) is 11.5 Å². The molecule has 1 aliphatic heterocycles. The van der Waals surface area contributed by atoms with Crippen molar-refractivity contribution in [1.82, 2.24) is 9.55 Å². The van der Waals surface area contributed by atoms with Gasteiger partial charge in [-0.15, -0.1) is 53.8 Å². The van der Waals surface area contributed by atoms with E-state index in [1.54, 1.807) is 0 Å². The van der Waals surface area contributed by atoms with Crippen LogP contribution in [0, 0.1) is 24.2 Å². The molecule has 0 aliphatic carbocycles. The van der Waals surface area contributed by atoms with Crippen molar-refractivity contribution in [3.05, 3.63) is 198 Å². The summed E-state index contributed by atoms with van der Waals surface area (Å²) in [5.41, 5.74) is 14.4. The van der Waals surface area contributed by atoms with Gasteiger partial charge in [0.1, 0.15) is 5.82 Å². The van der Waals surface area contributed by atoms with E-state index in [1.165, 1.54) is 50.0 Å². The number of aromatic nitrogens is 2. The summed E-state index contributed by atoms with van der Waals surface area (Å²) in [5, 5.41) is 2.33. The predicted molar refractivity (Wildman–Crippen MR) is 296 cm³/mol. The zero-order valence-corrected chi connectivity index (χ0v) is 46.8. The Hall–Kier alpha value is -5.90. The molecule has 0 radical (unpaired) electrons. The summed E-state index contributed by atoms with van der Waals surface area (Å²) in [6.07, 6.45) is 4.21. The van der Waals surface area contributed by atoms with Crippen LogP contribution in [0.15, 0.2) is 145 Å². The van der Waals surface area contributed by atoms with Crippen molar-refractivity contribution in [2.45, 2.75) is 132 Å². The first-order valence-electron chi connectivity index (χ1n) is 25.2. The minimum absolute atomic E-state index is 0. The fraction of sp³-hybridized carbons (Fsp3) is 0.323. The van der Waals surface area contributed by atoms with Crippen molar-refractivity contribution < 1.29 is 25.8 Å². The number of benzene rings is 6. The molecule has 0 spiro atoms. The molecule has 0 saturated carbocycles. The van der Waals surface area contributed by atoms with Crippen molar-refractivity contribution in [3.8, 4) is 28.4 Å². The van der Waals surface area contributed by atoms with Gasteiger partial charge in [-0.2, -0.15) is 0 Å². The summed E-state index contributed by atoms with van der Waals surface area (Å²) in [5.74, 6) is 2.72. The van der Waals surface area contributed by atoms with E-state index < -0.39 is 0 Å². The molecule has 6 heteroatoms. The molecular formula is C65H71N4OPt-3. The molecule has 8 aromatic rings. The Labute approximate surface area is 439 Å². The number of ether oxygens (including phenoxy) is 1. The molecule has 0 saturated heterocycles. The summed E-state index contributed by atoms with van der Waals surface area (Å²) < 4.78 is 9.50. The molecule has 3 heterocycles. The van der Waals surface area contributed by atoms with Gasteiger partial charge in [-0.1, -0.05) is 194 Å². The Morgan fingerprint density at radius 3 is 1.87 bits per heavy atom. The second-order valence-electron chi connectivity index (χ2n) is 23.6. The number of nitrogens with zero attached hydrogens (tertiary/aromatic N) is 4. The first kappa shape index (κ1) is 51.5. The van der Waals surface area contributed by atoms with Crippen LogP contribution in [0.4, 0.5) is 11.4 Å². The molecule has 370 valence electrons. The van der Waals surface area contributed by atoms with Gasteiger partial charge in [-0.05, 0) is 98.0 Å². The second-order valence-corrected chi connectivity index (χ2v) is 23.6. The smallest absolute Gasteiger partial charge is 0.135 e. The molecule has 5 nitrogen and oxygen atoms in total. The maximum Gasteiger partial charge on any atom is 0.135 e. The molecular weight excluding hydrogens is 1050 g/mol. The van der Waals surface area contributed by atoms with Gasteiger partial charge in [-0.3, -0.25) is 0 Å². The third-order valence-electron chi connectivity index (χ3n) is 14.2. The van der Waals surface area contributed by atoms with Gasteiger partial charge < -0.3 is 19.1 Å². The van der Waals surface area contributed by atoms with E-state index in [0.29, 0.717) is 23.3 Å². The van der Waals surface area contributed by atoms with E-state index in [0.717, 1.165) is 39.2 Å². The molecule has 71 heavy (non-hydrogen) atoms. The van der Waals surface area contributed by atoms with Crippen LogP contribution >= 0.6 is 0 Å². The first-order valence-corrected chi connectivity index (χ1v) is 25.2. The molecule has 6 aromatic carbocycles. The summed E-state index contributed by atoms with van der Waals surface area (Å²) in [7, 11) is 0. The molecule has 0 unspecified atom stereocenters. The predicted octanol–water partition coefficient (Wildman–Crippen LogP) is 17.7. The van der Waals surface area contributed by atoms with Gasteiger partial charge in [0, 0.05) is 66.5 Å². The Balaban J connectivity index is 0.00000676. The molecule has 0 N–H and O–H groups in total. The standard InChI is InChI=1S/C65H71N4O.Pt/c1-42(2)52-28-22-29-53(43(3)4)60(52)44-33-49(67-40-58(64(11,12)13)68(41-67)48-26-21-25-47(35-48)65(14,15)45-23-17-16-18-24-45)37-50(34-44)70-51-38-55(63(8,9)10)61-54-27-19-20-30-56(54)69(57(61)39-51)59-36-46(31-32-66-59)62(5,6)7;/h16-36,38,40-43H,1-15H3;/q-3;. The zero-order chi connectivity index (χ0) is 50.1. The minimum atomic E-state index is -0.226. The average molecular weight is 1120 g/mol. The molecule has 9 rings (SSSR count). The number of allylic oxidation sites excluding steroid dienone is 1. The Morgan fingerprint density at radius 2 is 1.23 bits per heavy atom. The summed E-state index contributed by atoms with van der Waals surface area (Å²) in [4.78, 5) is 9.59. The molecule has 0 fully saturated rings. The van der Waals surface area contributed by atoms with Crippen molar-refractivity contribution in [1.29, 1.82) is 0 Å². The minimum Gasteiger partial charge on any atom is -0.509 e. The van der Waals surface area contributed by atoms with Crippen LogP contribution in [0.25, 0.3) is 38.8 Å². The van der Waals surface area contributed by atoms with E-state index in [9.17, 15) is 0 Å². The van der Waals surface area contributed by atoms with Gasteiger partial charge in [0.25, 0.3) is 0 Å². The monoisotopic (exact) mass is 1120 g/mol. The van der Waals surface area contributed by atoms with Crippen LogP contribution < -0.4 is 14.5 Å². The Morgan fingerprint density at radius 1 is 0.592 bits per heavy atom. The topological polar surface area (TPSA) is 33.5 Å². The van der Waals surface area contributed by atoms with Gasteiger partial charge in [0.15, 0.2) is 0 Å². The zero-order valence-electron chi connectivity index (χ0n) is 44.5. The summed E-state index contributed by atoms with van der Waals surface area (Å²) in [6.45, 7) is 36.5. The van der Waals surface area contributed by atoms with Crippen LogP contribution in [-0.2, 0) is 37.3 Å². The fourth-order valence-corrected chi connectivity index (χ4v) is 10.1. The normalized spacial score (nSPS) is 13.7. The number of rotatable bonds is 10. The van der Waals surface area contributed by atoms with Crippen LogP contribution in [0.1, 0.15) is 149 Å². The van der Waals surface area contributed by atoms with Gasteiger partial charge in [0.2, 0.25) is 0 Å². The second kappa shape index (κ2) is 19.3. The van der Waals surface area contributed by atoms with E-state index in [1.807, 2.05) is 6.20 Å². The number of para-hydroxylation sites is 1. The van der Waals surface area contributed by atoms with E-state index in [4.69, 9.17) is 9.72 Å². The number of anilines is 2. The first-order chi connectivity index (χ1) is 33.0. The SMILES string of the molecule is CC(C)c1cccc(C(C)C)c1-c1cc(Oc2[c-]c3c(c(C(C)(C)C)c2)c2ccccc2n3-c2cc(C(C)(C)C)ccn2)[c-]c(N2C=C(C(C)(C)C)N(c3cccc(C(C)(C)c4ccccc4)c3)[CH-]2)c1.[Pt]. The van der Waals surface area contributed by atoms with Gasteiger partial charge >= 0.3 is 0 Å². The van der Waals surface area contributed by atoms with E-state index >= 15 is 0 Å². The summed E-state index contributed by atoms with van der Waals surface area (Å²) in [6, 6.07) is 53.9. The van der Waals surface area contributed by atoms with Crippen molar-refractivity contribution in [3.63, 3.8) is 0 Å². The number of fused-ring (bicyclic) bond motifs is 3. The number of pyridine rings is 1.